The maximum atomic E-state index is 12.8. The number of carbonyl (C=O) groups is 1. The Balaban J connectivity index is 1.55. The zero-order valence-corrected chi connectivity index (χ0v) is 15.7. The van der Waals surface area contributed by atoms with Gasteiger partial charge >= 0.3 is 0 Å². The van der Waals surface area contributed by atoms with Crippen molar-refractivity contribution in [1.29, 1.82) is 0 Å². The Bertz CT molecular complexity index is 969. The van der Waals surface area contributed by atoms with Gasteiger partial charge in [0, 0.05) is 24.5 Å². The van der Waals surface area contributed by atoms with Crippen LogP contribution in [0.3, 0.4) is 0 Å². The Labute approximate surface area is 163 Å². The lowest BCUT2D eigenvalue weighted by Crippen LogP contribution is -2.36. The summed E-state index contributed by atoms with van der Waals surface area (Å²) in [4.78, 5) is 24.0. The van der Waals surface area contributed by atoms with Crippen molar-refractivity contribution >= 4 is 28.3 Å². The van der Waals surface area contributed by atoms with Crippen LogP contribution in [0.5, 0.6) is 5.88 Å². The summed E-state index contributed by atoms with van der Waals surface area (Å²) in [5, 5.41) is 2.89. The molecule has 0 bridgehead atoms. The number of hydrogen-bond acceptors (Lipinski definition) is 6. The Kier molecular flexibility index (Phi) is 5.34. The van der Waals surface area contributed by atoms with Crippen molar-refractivity contribution < 1.29 is 14.3 Å². The summed E-state index contributed by atoms with van der Waals surface area (Å²) >= 11 is 0. The van der Waals surface area contributed by atoms with Crippen molar-refractivity contribution in [1.82, 2.24) is 9.97 Å². The van der Waals surface area contributed by atoms with Gasteiger partial charge in [0.25, 0.3) is 5.91 Å². The fourth-order valence-electron chi connectivity index (χ4n) is 3.14. The summed E-state index contributed by atoms with van der Waals surface area (Å²) in [6, 6.07) is 15.2. The van der Waals surface area contributed by atoms with E-state index in [2.05, 4.69) is 20.2 Å². The highest BCUT2D eigenvalue weighted by molar-refractivity contribution is 6.05. The van der Waals surface area contributed by atoms with Crippen LogP contribution in [0.4, 0.5) is 11.4 Å². The predicted octanol–water partition coefficient (Wildman–Crippen LogP) is 3.12. The Hall–Kier alpha value is -3.19. The molecule has 0 spiro atoms. The van der Waals surface area contributed by atoms with Gasteiger partial charge in [0.15, 0.2) is 5.69 Å². The standard InChI is InChI=1S/C21H22N4O3/c1-2-28-21-19(23-17-5-3-4-6-18(17)24-21)20(26)22-15-7-9-16(10-8-15)25-11-13-27-14-12-25/h3-10H,2,11-14H2,1H3,(H,22,26). The molecule has 0 unspecified atom stereocenters. The monoisotopic (exact) mass is 378 g/mol. The number of nitrogens with one attached hydrogen (secondary N) is 1. The SMILES string of the molecule is CCOc1nc2ccccc2nc1C(=O)Nc1ccc(N2CCOCC2)cc1. The van der Waals surface area contributed by atoms with Gasteiger partial charge in [-0.1, -0.05) is 12.1 Å². The zero-order chi connectivity index (χ0) is 19.3. The number of fused-ring (bicyclic) bond motifs is 1. The second kappa shape index (κ2) is 8.22. The lowest BCUT2D eigenvalue weighted by molar-refractivity contribution is 0.101. The number of nitrogens with zero attached hydrogens (tertiary/aromatic N) is 3. The normalized spacial score (nSPS) is 14.1. The van der Waals surface area contributed by atoms with Gasteiger partial charge in [-0.3, -0.25) is 4.79 Å². The molecule has 0 saturated carbocycles. The number of hydrogen-bond donors (Lipinski definition) is 1. The van der Waals surface area contributed by atoms with Gasteiger partial charge in [-0.15, -0.1) is 0 Å². The van der Waals surface area contributed by atoms with Crippen LogP contribution in [0.1, 0.15) is 17.4 Å². The van der Waals surface area contributed by atoms with Crippen LogP contribution in [0.2, 0.25) is 0 Å². The summed E-state index contributed by atoms with van der Waals surface area (Å²) < 4.78 is 10.9. The Morgan fingerprint density at radius 1 is 1.07 bits per heavy atom. The first kappa shape index (κ1) is 18.2. The van der Waals surface area contributed by atoms with E-state index in [1.54, 1.807) is 0 Å². The lowest BCUT2D eigenvalue weighted by atomic mass is 10.2. The smallest absolute Gasteiger partial charge is 0.279 e. The lowest BCUT2D eigenvalue weighted by Gasteiger charge is -2.28. The van der Waals surface area contributed by atoms with Crippen LogP contribution in [0.25, 0.3) is 11.0 Å². The van der Waals surface area contributed by atoms with Crippen molar-refractivity contribution in [3.8, 4) is 5.88 Å². The molecule has 7 nitrogen and oxygen atoms in total. The van der Waals surface area contributed by atoms with E-state index >= 15 is 0 Å². The molecule has 4 rings (SSSR count). The highest BCUT2D eigenvalue weighted by Crippen LogP contribution is 2.22. The van der Waals surface area contributed by atoms with Crippen molar-refractivity contribution in [3.63, 3.8) is 0 Å². The minimum Gasteiger partial charge on any atom is -0.476 e. The van der Waals surface area contributed by atoms with E-state index in [0.717, 1.165) is 32.0 Å². The van der Waals surface area contributed by atoms with Crippen LogP contribution in [-0.2, 0) is 4.74 Å². The molecule has 1 amide bonds. The summed E-state index contributed by atoms with van der Waals surface area (Å²) in [6.07, 6.45) is 0. The van der Waals surface area contributed by atoms with Gasteiger partial charge in [-0.2, -0.15) is 0 Å². The number of carbonyl (C=O) groups excluding carboxylic acids is 1. The van der Waals surface area contributed by atoms with Crippen LogP contribution in [-0.4, -0.2) is 48.8 Å². The van der Waals surface area contributed by atoms with Crippen molar-refractivity contribution in [2.75, 3.05) is 43.1 Å². The summed E-state index contributed by atoms with van der Waals surface area (Å²) in [5.74, 6) is -0.107. The fourth-order valence-corrected chi connectivity index (χ4v) is 3.14. The predicted molar refractivity (Wildman–Crippen MR) is 108 cm³/mol. The van der Waals surface area contributed by atoms with E-state index < -0.39 is 0 Å². The van der Waals surface area contributed by atoms with Crippen LogP contribution in [0.15, 0.2) is 48.5 Å². The molecular weight excluding hydrogens is 356 g/mol. The third-order valence-electron chi connectivity index (χ3n) is 4.54. The number of para-hydroxylation sites is 2. The van der Waals surface area contributed by atoms with E-state index in [4.69, 9.17) is 9.47 Å². The molecule has 2 heterocycles. The Morgan fingerprint density at radius 2 is 1.75 bits per heavy atom. The topological polar surface area (TPSA) is 76.6 Å². The molecule has 1 aromatic heterocycles. The number of benzene rings is 2. The molecule has 3 aromatic rings. The number of morpholine rings is 1. The number of anilines is 2. The van der Waals surface area contributed by atoms with Gasteiger partial charge < -0.3 is 19.7 Å². The minimum atomic E-state index is -0.346. The number of ether oxygens (including phenoxy) is 2. The van der Waals surface area contributed by atoms with E-state index in [9.17, 15) is 4.79 Å². The zero-order valence-electron chi connectivity index (χ0n) is 15.7. The molecule has 1 fully saturated rings. The number of rotatable bonds is 5. The van der Waals surface area contributed by atoms with Gasteiger partial charge in [0.2, 0.25) is 5.88 Å². The maximum Gasteiger partial charge on any atom is 0.279 e. The summed E-state index contributed by atoms with van der Waals surface area (Å²) in [5.41, 5.74) is 3.33. The number of amides is 1. The highest BCUT2D eigenvalue weighted by atomic mass is 16.5. The largest absolute Gasteiger partial charge is 0.476 e. The van der Waals surface area contributed by atoms with E-state index in [1.807, 2.05) is 55.5 Å². The van der Waals surface area contributed by atoms with Crippen molar-refractivity contribution in [3.05, 3.63) is 54.2 Å². The van der Waals surface area contributed by atoms with Gasteiger partial charge in [0.05, 0.1) is 30.9 Å². The molecule has 0 aliphatic carbocycles. The minimum absolute atomic E-state index is 0.179. The summed E-state index contributed by atoms with van der Waals surface area (Å²) in [6.45, 7) is 5.47. The second-order valence-electron chi connectivity index (χ2n) is 6.40. The van der Waals surface area contributed by atoms with Crippen molar-refractivity contribution in [2.45, 2.75) is 6.92 Å². The molecule has 0 radical (unpaired) electrons. The van der Waals surface area contributed by atoms with Crippen LogP contribution >= 0.6 is 0 Å². The van der Waals surface area contributed by atoms with E-state index in [1.165, 1.54) is 0 Å². The van der Waals surface area contributed by atoms with E-state index in [-0.39, 0.29) is 17.5 Å². The average molecular weight is 378 g/mol. The van der Waals surface area contributed by atoms with Crippen molar-refractivity contribution in [2.24, 2.45) is 0 Å². The molecule has 1 saturated heterocycles. The third kappa shape index (κ3) is 3.89. The Morgan fingerprint density at radius 3 is 2.43 bits per heavy atom. The maximum absolute atomic E-state index is 12.8. The van der Waals surface area contributed by atoms with E-state index in [0.29, 0.717) is 23.3 Å². The van der Waals surface area contributed by atoms with Crippen LogP contribution < -0.4 is 15.0 Å². The molecule has 28 heavy (non-hydrogen) atoms. The first-order valence-corrected chi connectivity index (χ1v) is 9.38. The fraction of sp³-hybridized carbons (Fsp3) is 0.286. The molecule has 7 heteroatoms. The second-order valence-corrected chi connectivity index (χ2v) is 6.40. The van der Waals surface area contributed by atoms with Crippen LogP contribution in [0, 0.1) is 0 Å². The molecule has 1 aliphatic heterocycles. The molecule has 0 atom stereocenters. The molecule has 2 aromatic carbocycles. The molecule has 144 valence electrons. The number of aromatic nitrogens is 2. The third-order valence-corrected chi connectivity index (χ3v) is 4.54. The molecule has 1 N–H and O–H groups in total. The molecular formula is C21H22N4O3. The highest BCUT2D eigenvalue weighted by Gasteiger charge is 2.18. The first-order valence-electron chi connectivity index (χ1n) is 9.38. The van der Waals surface area contributed by atoms with Gasteiger partial charge in [-0.25, -0.2) is 9.97 Å². The summed E-state index contributed by atoms with van der Waals surface area (Å²) in [7, 11) is 0. The molecule has 1 aliphatic rings. The van der Waals surface area contributed by atoms with Gasteiger partial charge in [-0.05, 0) is 43.3 Å². The quantitative estimate of drug-likeness (QED) is 0.735. The van der Waals surface area contributed by atoms with Gasteiger partial charge in [0.1, 0.15) is 0 Å². The first-order chi connectivity index (χ1) is 13.7. The average Bonchev–Trinajstić information content (AvgIpc) is 2.74.